The van der Waals surface area contributed by atoms with Crippen LogP contribution in [0.25, 0.3) is 10.8 Å². The summed E-state index contributed by atoms with van der Waals surface area (Å²) in [5.41, 5.74) is 2.09. The number of benzene rings is 3. The van der Waals surface area contributed by atoms with Crippen molar-refractivity contribution >= 4 is 27.8 Å². The number of anilines is 2. The summed E-state index contributed by atoms with van der Waals surface area (Å²) in [5.74, 6) is 0. The summed E-state index contributed by atoms with van der Waals surface area (Å²) in [6.07, 6.45) is 0. The van der Waals surface area contributed by atoms with E-state index in [4.69, 9.17) is 0 Å². The highest BCUT2D eigenvalue weighted by molar-refractivity contribution is 5.95. The standard InChI is InChI=1S/C17H14N2O2/c1-18(14-9-11-15(12-10-14)19(20)21)17-8-4-6-13-5-2-3-7-16(13)17/h2-12H,1H3. The minimum absolute atomic E-state index is 0.102. The normalized spacial score (nSPS) is 10.5. The largest absolute Gasteiger partial charge is 0.344 e. The molecule has 0 aliphatic rings. The van der Waals surface area contributed by atoms with Crippen LogP contribution in [0.3, 0.4) is 0 Å². The average molecular weight is 278 g/mol. The summed E-state index contributed by atoms with van der Waals surface area (Å²) in [6, 6.07) is 20.9. The third-order valence-corrected chi connectivity index (χ3v) is 3.58. The van der Waals surface area contributed by atoms with Gasteiger partial charge >= 0.3 is 0 Å². The van der Waals surface area contributed by atoms with Gasteiger partial charge in [-0.1, -0.05) is 36.4 Å². The highest BCUT2D eigenvalue weighted by Crippen LogP contribution is 2.31. The second-order valence-corrected chi connectivity index (χ2v) is 4.83. The van der Waals surface area contributed by atoms with Crippen molar-refractivity contribution in [3.8, 4) is 0 Å². The molecule has 3 rings (SSSR count). The van der Waals surface area contributed by atoms with Gasteiger partial charge in [0.05, 0.1) is 4.92 Å². The van der Waals surface area contributed by atoms with Gasteiger partial charge in [-0.3, -0.25) is 10.1 Å². The molecule has 0 fully saturated rings. The first-order chi connectivity index (χ1) is 10.2. The minimum Gasteiger partial charge on any atom is -0.344 e. The van der Waals surface area contributed by atoms with E-state index in [1.807, 2.05) is 36.2 Å². The molecule has 0 aliphatic carbocycles. The van der Waals surface area contributed by atoms with E-state index in [1.54, 1.807) is 12.1 Å². The van der Waals surface area contributed by atoms with Gasteiger partial charge in [-0.25, -0.2) is 0 Å². The average Bonchev–Trinajstić information content (AvgIpc) is 2.53. The minimum atomic E-state index is -0.387. The summed E-state index contributed by atoms with van der Waals surface area (Å²) >= 11 is 0. The zero-order valence-electron chi connectivity index (χ0n) is 11.6. The Morgan fingerprint density at radius 1 is 0.905 bits per heavy atom. The molecule has 0 N–H and O–H groups in total. The molecule has 0 unspecified atom stereocenters. The van der Waals surface area contributed by atoms with Gasteiger partial charge in [0.15, 0.2) is 0 Å². The van der Waals surface area contributed by atoms with Crippen LogP contribution in [0.5, 0.6) is 0 Å². The number of nitro benzene ring substituents is 1. The number of hydrogen-bond donors (Lipinski definition) is 0. The Morgan fingerprint density at radius 2 is 1.57 bits per heavy atom. The number of fused-ring (bicyclic) bond motifs is 1. The molecule has 104 valence electrons. The molecule has 0 aromatic heterocycles. The summed E-state index contributed by atoms with van der Waals surface area (Å²) in [7, 11) is 1.96. The Morgan fingerprint density at radius 3 is 2.29 bits per heavy atom. The van der Waals surface area contributed by atoms with E-state index < -0.39 is 0 Å². The lowest BCUT2D eigenvalue weighted by atomic mass is 10.1. The zero-order valence-corrected chi connectivity index (χ0v) is 11.6. The molecule has 0 atom stereocenters. The van der Waals surface area contributed by atoms with Crippen LogP contribution >= 0.6 is 0 Å². The van der Waals surface area contributed by atoms with Crippen LogP contribution in [-0.2, 0) is 0 Å². The van der Waals surface area contributed by atoms with Crippen molar-refractivity contribution in [3.63, 3.8) is 0 Å². The molecular formula is C17H14N2O2. The first kappa shape index (κ1) is 13.1. The molecule has 0 spiro atoms. The van der Waals surface area contributed by atoms with Gasteiger partial charge in [-0.2, -0.15) is 0 Å². The molecule has 0 saturated heterocycles. The summed E-state index contributed by atoms with van der Waals surface area (Å²) in [5, 5.41) is 13.0. The molecule has 4 heteroatoms. The van der Waals surface area contributed by atoms with E-state index in [9.17, 15) is 10.1 Å². The van der Waals surface area contributed by atoms with E-state index in [0.717, 1.165) is 16.8 Å². The topological polar surface area (TPSA) is 46.4 Å². The van der Waals surface area contributed by atoms with E-state index >= 15 is 0 Å². The fourth-order valence-electron chi connectivity index (χ4n) is 2.44. The van der Waals surface area contributed by atoms with Crippen molar-refractivity contribution in [1.29, 1.82) is 0 Å². The van der Waals surface area contributed by atoms with Gasteiger partial charge in [0.1, 0.15) is 0 Å². The van der Waals surface area contributed by atoms with Crippen LogP contribution in [0.4, 0.5) is 17.1 Å². The molecule has 3 aromatic rings. The third-order valence-electron chi connectivity index (χ3n) is 3.58. The molecule has 3 aromatic carbocycles. The zero-order chi connectivity index (χ0) is 14.8. The van der Waals surface area contributed by atoms with Gasteiger partial charge in [0.2, 0.25) is 0 Å². The van der Waals surface area contributed by atoms with Crippen molar-refractivity contribution in [1.82, 2.24) is 0 Å². The second-order valence-electron chi connectivity index (χ2n) is 4.83. The molecular weight excluding hydrogens is 264 g/mol. The van der Waals surface area contributed by atoms with E-state index in [-0.39, 0.29) is 10.6 Å². The van der Waals surface area contributed by atoms with Crippen molar-refractivity contribution in [2.24, 2.45) is 0 Å². The van der Waals surface area contributed by atoms with Crippen molar-refractivity contribution < 1.29 is 4.92 Å². The third kappa shape index (κ3) is 2.43. The first-order valence-electron chi connectivity index (χ1n) is 6.63. The number of rotatable bonds is 3. The van der Waals surface area contributed by atoms with Gasteiger partial charge in [-0.15, -0.1) is 0 Å². The van der Waals surface area contributed by atoms with Crippen LogP contribution < -0.4 is 4.90 Å². The van der Waals surface area contributed by atoms with Gasteiger partial charge in [0.25, 0.3) is 5.69 Å². The van der Waals surface area contributed by atoms with E-state index in [2.05, 4.69) is 18.2 Å². The lowest BCUT2D eigenvalue weighted by Crippen LogP contribution is -2.09. The molecule has 0 heterocycles. The SMILES string of the molecule is CN(c1ccc([N+](=O)[O-])cc1)c1cccc2ccccc12. The highest BCUT2D eigenvalue weighted by atomic mass is 16.6. The Labute approximate surface area is 122 Å². The van der Waals surface area contributed by atoms with Crippen LogP contribution in [0.1, 0.15) is 0 Å². The number of non-ortho nitro benzene ring substituents is 1. The molecule has 0 radical (unpaired) electrons. The molecule has 0 bridgehead atoms. The lowest BCUT2D eigenvalue weighted by Gasteiger charge is -2.21. The maximum atomic E-state index is 10.7. The van der Waals surface area contributed by atoms with Crippen molar-refractivity contribution in [2.75, 3.05) is 11.9 Å². The fourth-order valence-corrected chi connectivity index (χ4v) is 2.44. The predicted molar refractivity (Wildman–Crippen MR) is 85.1 cm³/mol. The Balaban J connectivity index is 2.04. The lowest BCUT2D eigenvalue weighted by molar-refractivity contribution is -0.384. The molecule has 0 aliphatic heterocycles. The fraction of sp³-hybridized carbons (Fsp3) is 0.0588. The van der Waals surface area contributed by atoms with Crippen LogP contribution in [-0.4, -0.2) is 12.0 Å². The van der Waals surface area contributed by atoms with Crippen LogP contribution in [0, 0.1) is 10.1 Å². The Kier molecular flexibility index (Phi) is 3.28. The maximum absolute atomic E-state index is 10.7. The second kappa shape index (κ2) is 5.25. The smallest absolute Gasteiger partial charge is 0.269 e. The molecule has 0 saturated carbocycles. The van der Waals surface area contributed by atoms with E-state index in [0.29, 0.717) is 0 Å². The summed E-state index contributed by atoms with van der Waals surface area (Å²) in [4.78, 5) is 12.4. The van der Waals surface area contributed by atoms with Crippen molar-refractivity contribution in [2.45, 2.75) is 0 Å². The van der Waals surface area contributed by atoms with Crippen LogP contribution in [0.2, 0.25) is 0 Å². The van der Waals surface area contributed by atoms with Crippen LogP contribution in [0.15, 0.2) is 66.7 Å². The molecule has 21 heavy (non-hydrogen) atoms. The van der Waals surface area contributed by atoms with E-state index in [1.165, 1.54) is 17.5 Å². The van der Waals surface area contributed by atoms with Gasteiger partial charge in [-0.05, 0) is 23.6 Å². The maximum Gasteiger partial charge on any atom is 0.269 e. The molecule has 0 amide bonds. The summed E-state index contributed by atoms with van der Waals surface area (Å²) < 4.78 is 0. The summed E-state index contributed by atoms with van der Waals surface area (Å²) in [6.45, 7) is 0. The monoisotopic (exact) mass is 278 g/mol. The first-order valence-corrected chi connectivity index (χ1v) is 6.63. The van der Waals surface area contributed by atoms with Gasteiger partial charge in [0, 0.05) is 35.9 Å². The van der Waals surface area contributed by atoms with Crippen molar-refractivity contribution in [3.05, 3.63) is 76.8 Å². The number of hydrogen-bond acceptors (Lipinski definition) is 3. The predicted octanol–water partition coefficient (Wildman–Crippen LogP) is 4.52. The highest BCUT2D eigenvalue weighted by Gasteiger charge is 2.10. The Bertz CT molecular complexity index is 792. The number of nitrogens with zero attached hydrogens (tertiary/aromatic N) is 2. The Hall–Kier alpha value is -2.88. The quantitative estimate of drug-likeness (QED) is 0.523. The van der Waals surface area contributed by atoms with Gasteiger partial charge < -0.3 is 4.90 Å². The number of nitro groups is 1. The molecule has 4 nitrogen and oxygen atoms in total.